The zero-order valence-corrected chi connectivity index (χ0v) is 11.4. The van der Waals surface area contributed by atoms with E-state index in [0.717, 1.165) is 0 Å². The largest absolute Gasteiger partial charge is 0.466 e. The van der Waals surface area contributed by atoms with Crippen molar-refractivity contribution in [2.24, 2.45) is 5.92 Å². The second-order valence-corrected chi connectivity index (χ2v) is 4.75. The summed E-state index contributed by atoms with van der Waals surface area (Å²) in [6.07, 6.45) is 1.20. The number of nitrogens with zero attached hydrogens (tertiary/aromatic N) is 1. The highest BCUT2D eigenvalue weighted by atomic mass is 16.5. The monoisotopic (exact) mass is 278 g/mol. The minimum Gasteiger partial charge on any atom is -0.466 e. The summed E-state index contributed by atoms with van der Waals surface area (Å²) in [5, 5.41) is 0. The summed E-state index contributed by atoms with van der Waals surface area (Å²) in [7, 11) is 0. The van der Waals surface area contributed by atoms with Gasteiger partial charge in [-0.1, -0.05) is 6.07 Å². The minimum absolute atomic E-state index is 0.131. The van der Waals surface area contributed by atoms with E-state index in [1.807, 2.05) is 0 Å². The number of hydrogen-bond acceptors (Lipinski definition) is 4. The van der Waals surface area contributed by atoms with Crippen LogP contribution in [0, 0.1) is 5.92 Å². The number of carbonyl (C=O) groups is 2. The molecular formula is C14H18N2O4. The van der Waals surface area contributed by atoms with Gasteiger partial charge in [0.25, 0.3) is 5.91 Å². The number of likely N-dealkylation sites (tertiary alicyclic amines) is 1. The quantitative estimate of drug-likeness (QED) is 0.829. The SMILES string of the molecule is CCOC(=O)C1CCN(C(=O)c2cccc(=O)[nH]2)CC1. The van der Waals surface area contributed by atoms with E-state index in [4.69, 9.17) is 4.74 Å². The Labute approximate surface area is 116 Å². The number of aromatic nitrogens is 1. The van der Waals surface area contributed by atoms with E-state index in [0.29, 0.717) is 32.5 Å². The Morgan fingerprint density at radius 2 is 2.05 bits per heavy atom. The Morgan fingerprint density at radius 1 is 1.35 bits per heavy atom. The molecule has 0 unspecified atom stereocenters. The molecular weight excluding hydrogens is 260 g/mol. The van der Waals surface area contributed by atoms with Gasteiger partial charge < -0.3 is 14.6 Å². The summed E-state index contributed by atoms with van der Waals surface area (Å²) in [4.78, 5) is 39.2. The summed E-state index contributed by atoms with van der Waals surface area (Å²) in [5.41, 5.74) is -0.00987. The van der Waals surface area contributed by atoms with Gasteiger partial charge in [-0.2, -0.15) is 0 Å². The van der Waals surface area contributed by atoms with Gasteiger partial charge in [0.2, 0.25) is 5.56 Å². The average molecular weight is 278 g/mol. The van der Waals surface area contributed by atoms with Gasteiger partial charge in [-0.05, 0) is 25.8 Å². The molecule has 0 atom stereocenters. The molecule has 1 amide bonds. The minimum atomic E-state index is -0.294. The first-order valence-corrected chi connectivity index (χ1v) is 6.77. The van der Waals surface area contributed by atoms with E-state index in [2.05, 4.69) is 4.98 Å². The fraction of sp³-hybridized carbons (Fsp3) is 0.500. The fourth-order valence-electron chi connectivity index (χ4n) is 2.32. The molecule has 0 aromatic carbocycles. The van der Waals surface area contributed by atoms with Crippen molar-refractivity contribution in [2.45, 2.75) is 19.8 Å². The van der Waals surface area contributed by atoms with Crippen molar-refractivity contribution < 1.29 is 14.3 Å². The lowest BCUT2D eigenvalue weighted by molar-refractivity contribution is -0.149. The van der Waals surface area contributed by atoms with Crippen molar-refractivity contribution in [2.75, 3.05) is 19.7 Å². The number of pyridine rings is 1. The topological polar surface area (TPSA) is 79.5 Å². The summed E-state index contributed by atoms with van der Waals surface area (Å²) in [6, 6.07) is 4.50. The van der Waals surface area contributed by atoms with Crippen LogP contribution in [0.1, 0.15) is 30.3 Å². The van der Waals surface area contributed by atoms with Crippen molar-refractivity contribution in [3.05, 3.63) is 34.2 Å². The molecule has 6 nitrogen and oxygen atoms in total. The predicted octanol–water partition coefficient (Wildman–Crippen LogP) is 0.790. The van der Waals surface area contributed by atoms with Crippen LogP contribution >= 0.6 is 0 Å². The van der Waals surface area contributed by atoms with Crippen LogP contribution in [0.4, 0.5) is 0 Å². The third kappa shape index (κ3) is 3.26. The molecule has 1 N–H and O–H groups in total. The van der Waals surface area contributed by atoms with E-state index in [1.165, 1.54) is 6.07 Å². The number of amides is 1. The standard InChI is InChI=1S/C14H18N2O4/c1-2-20-14(19)10-6-8-16(9-7-10)13(18)11-4-3-5-12(17)15-11/h3-5,10H,2,6-9H2,1H3,(H,15,17). The van der Waals surface area contributed by atoms with Crippen LogP contribution in [-0.4, -0.2) is 41.5 Å². The normalized spacial score (nSPS) is 15.9. The van der Waals surface area contributed by atoms with Gasteiger partial charge in [-0.15, -0.1) is 0 Å². The lowest BCUT2D eigenvalue weighted by atomic mass is 9.97. The number of hydrogen-bond donors (Lipinski definition) is 1. The molecule has 0 bridgehead atoms. The first-order chi connectivity index (χ1) is 9.61. The molecule has 20 heavy (non-hydrogen) atoms. The summed E-state index contributed by atoms with van der Waals surface area (Å²) in [6.45, 7) is 3.16. The number of ether oxygens (including phenoxy) is 1. The van der Waals surface area contributed by atoms with Crippen molar-refractivity contribution in [1.82, 2.24) is 9.88 Å². The van der Waals surface area contributed by atoms with Gasteiger partial charge in [-0.3, -0.25) is 14.4 Å². The molecule has 1 saturated heterocycles. The van der Waals surface area contributed by atoms with Crippen molar-refractivity contribution in [1.29, 1.82) is 0 Å². The number of nitrogens with one attached hydrogen (secondary N) is 1. The maximum atomic E-state index is 12.2. The van der Waals surface area contributed by atoms with Gasteiger partial charge in [0.15, 0.2) is 0 Å². The molecule has 1 aromatic heterocycles. The van der Waals surface area contributed by atoms with Crippen LogP contribution in [0.2, 0.25) is 0 Å². The third-order valence-electron chi connectivity index (χ3n) is 3.40. The van der Waals surface area contributed by atoms with Crippen molar-refractivity contribution in [3.8, 4) is 0 Å². The Bertz CT molecular complexity index is 544. The Balaban J connectivity index is 1.95. The Morgan fingerprint density at radius 3 is 2.65 bits per heavy atom. The zero-order valence-electron chi connectivity index (χ0n) is 11.4. The number of carbonyl (C=O) groups excluding carboxylic acids is 2. The Kier molecular flexibility index (Phi) is 4.55. The highest BCUT2D eigenvalue weighted by molar-refractivity contribution is 5.92. The summed E-state index contributed by atoms with van der Waals surface area (Å²) in [5.74, 6) is -0.522. The molecule has 0 radical (unpaired) electrons. The fourth-order valence-corrected chi connectivity index (χ4v) is 2.32. The predicted molar refractivity (Wildman–Crippen MR) is 72.3 cm³/mol. The molecule has 108 valence electrons. The second kappa shape index (κ2) is 6.36. The molecule has 6 heteroatoms. The van der Waals surface area contributed by atoms with Crippen molar-refractivity contribution in [3.63, 3.8) is 0 Å². The first-order valence-electron chi connectivity index (χ1n) is 6.77. The van der Waals surface area contributed by atoms with E-state index >= 15 is 0 Å². The van der Waals surface area contributed by atoms with Crippen LogP contribution in [0.25, 0.3) is 0 Å². The highest BCUT2D eigenvalue weighted by Crippen LogP contribution is 2.19. The van der Waals surface area contributed by atoms with Gasteiger partial charge in [0, 0.05) is 19.2 Å². The van der Waals surface area contributed by atoms with E-state index < -0.39 is 0 Å². The lowest BCUT2D eigenvalue weighted by Gasteiger charge is -2.30. The van der Waals surface area contributed by atoms with E-state index in [9.17, 15) is 14.4 Å². The Hall–Kier alpha value is -2.11. The smallest absolute Gasteiger partial charge is 0.309 e. The number of rotatable bonds is 3. The number of piperidine rings is 1. The van der Waals surface area contributed by atoms with Gasteiger partial charge in [-0.25, -0.2) is 0 Å². The molecule has 1 aliphatic heterocycles. The van der Waals surface area contributed by atoms with Crippen LogP contribution in [0.15, 0.2) is 23.0 Å². The molecule has 0 saturated carbocycles. The molecule has 2 rings (SSSR count). The van der Waals surface area contributed by atoms with E-state index in [1.54, 1.807) is 24.0 Å². The van der Waals surface area contributed by atoms with Crippen LogP contribution in [0.3, 0.4) is 0 Å². The molecule has 2 heterocycles. The summed E-state index contributed by atoms with van der Waals surface area (Å²) >= 11 is 0. The highest BCUT2D eigenvalue weighted by Gasteiger charge is 2.28. The molecule has 1 aliphatic rings. The van der Waals surface area contributed by atoms with Crippen LogP contribution in [-0.2, 0) is 9.53 Å². The molecule has 0 aliphatic carbocycles. The second-order valence-electron chi connectivity index (χ2n) is 4.75. The van der Waals surface area contributed by atoms with Crippen molar-refractivity contribution >= 4 is 11.9 Å². The number of H-pyrrole nitrogens is 1. The molecule has 0 spiro atoms. The van der Waals surface area contributed by atoms with Gasteiger partial charge >= 0.3 is 5.97 Å². The zero-order chi connectivity index (χ0) is 14.5. The third-order valence-corrected chi connectivity index (χ3v) is 3.40. The van der Waals surface area contributed by atoms with Crippen LogP contribution < -0.4 is 5.56 Å². The molecule has 1 fully saturated rings. The van der Waals surface area contributed by atoms with Gasteiger partial charge in [0.1, 0.15) is 5.69 Å². The van der Waals surface area contributed by atoms with E-state index in [-0.39, 0.29) is 29.0 Å². The maximum Gasteiger partial charge on any atom is 0.309 e. The first kappa shape index (κ1) is 14.3. The maximum absolute atomic E-state index is 12.2. The number of aromatic amines is 1. The molecule has 1 aromatic rings. The summed E-state index contributed by atoms with van der Waals surface area (Å²) < 4.78 is 4.99. The average Bonchev–Trinajstić information content (AvgIpc) is 2.47. The van der Waals surface area contributed by atoms with Gasteiger partial charge in [0.05, 0.1) is 12.5 Å². The number of esters is 1. The van der Waals surface area contributed by atoms with Crippen LogP contribution in [0.5, 0.6) is 0 Å². The lowest BCUT2D eigenvalue weighted by Crippen LogP contribution is -2.41.